The van der Waals surface area contributed by atoms with Gasteiger partial charge in [0.2, 0.25) is 5.89 Å². The summed E-state index contributed by atoms with van der Waals surface area (Å²) in [5.41, 5.74) is 0. The van der Waals surface area contributed by atoms with Crippen LogP contribution < -0.4 is 0 Å². The smallest absolute Gasteiger partial charge is 0.307 e. The molecule has 6 heteroatoms. The Hall–Kier alpha value is -1.43. The van der Waals surface area contributed by atoms with Gasteiger partial charge in [-0.25, -0.2) is 0 Å². The first-order valence-electron chi connectivity index (χ1n) is 5.64. The highest BCUT2D eigenvalue weighted by Gasteiger charge is 2.16. The fourth-order valence-electron chi connectivity index (χ4n) is 1.42. The summed E-state index contributed by atoms with van der Waals surface area (Å²) in [6, 6.07) is 0. The molecular weight excluding hydrogens is 222 g/mol. The lowest BCUT2D eigenvalue weighted by molar-refractivity contribution is -0.141. The van der Waals surface area contributed by atoms with E-state index in [-0.39, 0.29) is 5.92 Å². The zero-order chi connectivity index (χ0) is 13.0. The molecule has 1 heterocycles. The molecule has 1 rings (SSSR count). The van der Waals surface area contributed by atoms with E-state index in [1.807, 2.05) is 25.8 Å². The van der Waals surface area contributed by atoms with Crippen LogP contribution in [0.1, 0.15) is 38.4 Å². The number of rotatable bonds is 6. The monoisotopic (exact) mass is 241 g/mol. The zero-order valence-corrected chi connectivity index (χ0v) is 10.7. The summed E-state index contributed by atoms with van der Waals surface area (Å²) in [7, 11) is 1.84. The minimum Gasteiger partial charge on any atom is -0.481 e. The van der Waals surface area contributed by atoms with E-state index in [0.717, 1.165) is 0 Å². The summed E-state index contributed by atoms with van der Waals surface area (Å²) in [6.07, 6.45) is 0. The molecule has 0 fully saturated rings. The first kappa shape index (κ1) is 13.6. The van der Waals surface area contributed by atoms with Crippen molar-refractivity contribution in [1.29, 1.82) is 0 Å². The summed E-state index contributed by atoms with van der Waals surface area (Å²) < 4.78 is 5.08. The Kier molecular flexibility index (Phi) is 4.62. The summed E-state index contributed by atoms with van der Waals surface area (Å²) in [5.74, 6) is 0.206. The average molecular weight is 241 g/mol. The minimum atomic E-state index is -0.798. The molecule has 0 aromatic carbocycles. The Balaban J connectivity index is 2.50. The van der Waals surface area contributed by atoms with Crippen LogP contribution >= 0.6 is 0 Å². The van der Waals surface area contributed by atoms with E-state index in [1.165, 1.54) is 0 Å². The maximum atomic E-state index is 10.7. The van der Waals surface area contributed by atoms with Gasteiger partial charge < -0.3 is 9.63 Å². The molecule has 0 bridgehead atoms. The van der Waals surface area contributed by atoms with E-state index >= 15 is 0 Å². The Morgan fingerprint density at radius 2 is 2.12 bits per heavy atom. The Labute approximate surface area is 101 Å². The van der Waals surface area contributed by atoms with Crippen molar-refractivity contribution in [1.82, 2.24) is 15.0 Å². The van der Waals surface area contributed by atoms with Gasteiger partial charge in [0, 0.05) is 12.5 Å². The molecule has 6 nitrogen and oxygen atoms in total. The number of hydrogen-bond acceptors (Lipinski definition) is 5. The quantitative estimate of drug-likeness (QED) is 0.809. The van der Waals surface area contributed by atoms with Gasteiger partial charge in [-0.3, -0.25) is 9.69 Å². The van der Waals surface area contributed by atoms with E-state index in [2.05, 4.69) is 10.1 Å². The van der Waals surface area contributed by atoms with Gasteiger partial charge >= 0.3 is 5.97 Å². The predicted octanol–water partition coefficient (Wildman–Crippen LogP) is 1.35. The van der Waals surface area contributed by atoms with Crippen molar-refractivity contribution in [3.05, 3.63) is 11.7 Å². The predicted molar refractivity (Wildman–Crippen MR) is 61.5 cm³/mol. The standard InChI is InChI=1S/C11H19N3O3/c1-7(2)10-12-9(13-17-10)6-14(4)5-8(3)11(15)16/h7-8H,5-6H2,1-4H3,(H,15,16). The molecule has 0 aliphatic rings. The van der Waals surface area contributed by atoms with Gasteiger partial charge in [0.25, 0.3) is 0 Å². The molecule has 0 aliphatic carbocycles. The summed E-state index contributed by atoms with van der Waals surface area (Å²) in [5, 5.41) is 12.7. The Morgan fingerprint density at radius 1 is 1.47 bits per heavy atom. The second kappa shape index (κ2) is 5.77. The number of aliphatic carboxylic acids is 1. The molecule has 0 saturated heterocycles. The van der Waals surface area contributed by atoms with Crippen LogP contribution in [-0.2, 0) is 11.3 Å². The largest absolute Gasteiger partial charge is 0.481 e. The van der Waals surface area contributed by atoms with Gasteiger partial charge in [-0.05, 0) is 7.05 Å². The fraction of sp³-hybridized carbons (Fsp3) is 0.727. The summed E-state index contributed by atoms with van der Waals surface area (Å²) >= 11 is 0. The van der Waals surface area contributed by atoms with Crippen molar-refractivity contribution >= 4 is 5.97 Å². The van der Waals surface area contributed by atoms with Crippen LogP contribution in [0.5, 0.6) is 0 Å². The molecule has 1 N–H and O–H groups in total. The van der Waals surface area contributed by atoms with Crippen LogP contribution in [0.4, 0.5) is 0 Å². The first-order valence-corrected chi connectivity index (χ1v) is 5.64. The van der Waals surface area contributed by atoms with Crippen LogP contribution in [0.25, 0.3) is 0 Å². The van der Waals surface area contributed by atoms with E-state index in [0.29, 0.717) is 24.8 Å². The van der Waals surface area contributed by atoms with Crippen molar-refractivity contribution in [2.75, 3.05) is 13.6 Å². The molecule has 1 aromatic rings. The third kappa shape index (κ3) is 4.14. The Morgan fingerprint density at radius 3 is 2.59 bits per heavy atom. The van der Waals surface area contributed by atoms with Crippen molar-refractivity contribution in [2.24, 2.45) is 5.92 Å². The zero-order valence-electron chi connectivity index (χ0n) is 10.7. The van der Waals surface area contributed by atoms with Crippen LogP contribution in [0.15, 0.2) is 4.52 Å². The molecule has 1 aromatic heterocycles. The molecule has 1 unspecified atom stereocenters. The Bertz CT molecular complexity index is 376. The third-order valence-corrected chi connectivity index (χ3v) is 2.40. The average Bonchev–Trinajstić information content (AvgIpc) is 2.65. The van der Waals surface area contributed by atoms with Gasteiger partial charge in [-0.1, -0.05) is 25.9 Å². The number of hydrogen-bond donors (Lipinski definition) is 1. The van der Waals surface area contributed by atoms with E-state index in [1.54, 1.807) is 6.92 Å². The molecule has 0 radical (unpaired) electrons. The number of carbonyl (C=O) groups is 1. The van der Waals surface area contributed by atoms with Crippen molar-refractivity contribution < 1.29 is 14.4 Å². The SMILES string of the molecule is CC(CN(C)Cc1noc(C(C)C)n1)C(=O)O. The molecule has 0 amide bonds. The van der Waals surface area contributed by atoms with Crippen molar-refractivity contribution in [3.63, 3.8) is 0 Å². The van der Waals surface area contributed by atoms with E-state index < -0.39 is 11.9 Å². The van der Waals surface area contributed by atoms with Gasteiger partial charge in [0.15, 0.2) is 5.82 Å². The topological polar surface area (TPSA) is 79.5 Å². The summed E-state index contributed by atoms with van der Waals surface area (Å²) in [4.78, 5) is 16.8. The van der Waals surface area contributed by atoms with Gasteiger partial charge in [0.05, 0.1) is 12.5 Å². The number of nitrogens with zero attached hydrogens (tertiary/aromatic N) is 3. The van der Waals surface area contributed by atoms with Gasteiger partial charge in [0.1, 0.15) is 0 Å². The normalized spacial score (nSPS) is 13.3. The van der Waals surface area contributed by atoms with E-state index in [9.17, 15) is 4.79 Å². The van der Waals surface area contributed by atoms with Gasteiger partial charge in [-0.2, -0.15) is 4.98 Å². The molecule has 96 valence electrons. The van der Waals surface area contributed by atoms with Crippen LogP contribution in [0.3, 0.4) is 0 Å². The van der Waals surface area contributed by atoms with Gasteiger partial charge in [-0.15, -0.1) is 0 Å². The molecule has 0 aliphatic heterocycles. The lowest BCUT2D eigenvalue weighted by Gasteiger charge is -2.16. The second-order valence-corrected chi connectivity index (χ2v) is 4.64. The molecular formula is C11H19N3O3. The van der Waals surface area contributed by atoms with E-state index in [4.69, 9.17) is 9.63 Å². The molecule has 17 heavy (non-hydrogen) atoms. The number of aromatic nitrogens is 2. The van der Waals surface area contributed by atoms with Crippen molar-refractivity contribution in [3.8, 4) is 0 Å². The second-order valence-electron chi connectivity index (χ2n) is 4.64. The maximum Gasteiger partial charge on any atom is 0.307 e. The lowest BCUT2D eigenvalue weighted by atomic mass is 10.2. The third-order valence-electron chi connectivity index (χ3n) is 2.40. The number of carboxylic acid groups (broad SMARTS) is 1. The highest BCUT2D eigenvalue weighted by Crippen LogP contribution is 2.11. The first-order chi connectivity index (χ1) is 7.90. The van der Waals surface area contributed by atoms with Crippen LogP contribution in [0.2, 0.25) is 0 Å². The van der Waals surface area contributed by atoms with Crippen LogP contribution in [0, 0.1) is 5.92 Å². The number of carboxylic acids is 1. The highest BCUT2D eigenvalue weighted by atomic mass is 16.5. The minimum absolute atomic E-state index is 0.208. The summed E-state index contributed by atoms with van der Waals surface area (Å²) in [6.45, 7) is 6.59. The molecule has 0 spiro atoms. The van der Waals surface area contributed by atoms with Crippen LogP contribution in [-0.4, -0.2) is 39.7 Å². The molecule has 1 atom stereocenters. The molecule has 0 saturated carbocycles. The maximum absolute atomic E-state index is 10.7. The fourth-order valence-corrected chi connectivity index (χ4v) is 1.42. The lowest BCUT2D eigenvalue weighted by Crippen LogP contribution is -2.28. The van der Waals surface area contributed by atoms with Crippen molar-refractivity contribution in [2.45, 2.75) is 33.2 Å². The highest BCUT2D eigenvalue weighted by molar-refractivity contribution is 5.69.